The number of hydrogen-bond acceptors (Lipinski definition) is 6. The highest BCUT2D eigenvalue weighted by atomic mass is 16.6. The zero-order valence-corrected chi connectivity index (χ0v) is 17.2. The molecule has 0 aromatic rings. The lowest BCUT2D eigenvalue weighted by atomic mass is 9.97. The molecule has 0 aliphatic carbocycles. The highest BCUT2D eigenvalue weighted by Crippen LogP contribution is 2.16. The summed E-state index contributed by atoms with van der Waals surface area (Å²) in [4.78, 5) is 48.7. The Balaban J connectivity index is 2.26. The topological polar surface area (TPSA) is 129 Å². The van der Waals surface area contributed by atoms with Crippen LogP contribution < -0.4 is 21.3 Å². The molecule has 0 aromatic heterocycles. The summed E-state index contributed by atoms with van der Waals surface area (Å²) in [6, 6.07) is -0.527. The minimum Gasteiger partial charge on any atom is -0.444 e. The van der Waals surface area contributed by atoms with Gasteiger partial charge < -0.3 is 25.6 Å². The van der Waals surface area contributed by atoms with Crippen molar-refractivity contribution in [2.24, 2.45) is 5.92 Å². The molecule has 4 N–H and O–H groups in total. The molecule has 1 atom stereocenters. The quantitative estimate of drug-likeness (QED) is 0.452. The van der Waals surface area contributed by atoms with Crippen LogP contribution >= 0.6 is 0 Å². The fraction of sp³-hybridized carbons (Fsp3) is 0.778. The molecule has 1 unspecified atom stereocenters. The van der Waals surface area contributed by atoms with Crippen molar-refractivity contribution in [2.75, 3.05) is 39.8 Å². The van der Waals surface area contributed by atoms with E-state index in [9.17, 15) is 19.2 Å². The van der Waals surface area contributed by atoms with Gasteiger partial charge in [-0.3, -0.25) is 14.9 Å². The average Bonchev–Trinajstić information content (AvgIpc) is 2.62. The number of carbonyl (C=O) groups excluding carboxylic acids is 4. The zero-order chi connectivity index (χ0) is 21.2. The van der Waals surface area contributed by atoms with Crippen molar-refractivity contribution < 1.29 is 23.9 Å². The lowest BCUT2D eigenvalue weighted by Gasteiger charge is -2.31. The molecule has 0 bridgehead atoms. The van der Waals surface area contributed by atoms with Crippen molar-refractivity contribution in [2.45, 2.75) is 45.6 Å². The van der Waals surface area contributed by atoms with Crippen LogP contribution in [0.1, 0.15) is 40.0 Å². The first kappa shape index (κ1) is 23.7. The summed E-state index contributed by atoms with van der Waals surface area (Å²) in [6.07, 6.45) is 1.33. The van der Waals surface area contributed by atoms with Gasteiger partial charge >= 0.3 is 12.1 Å². The van der Waals surface area contributed by atoms with Gasteiger partial charge in [-0.1, -0.05) is 0 Å². The molecule has 1 fully saturated rings. The Morgan fingerprint density at radius 3 is 2.43 bits per heavy atom. The first-order chi connectivity index (χ1) is 13.1. The lowest BCUT2D eigenvalue weighted by Crippen LogP contribution is -2.46. The molecule has 0 saturated carbocycles. The number of alkyl carbamates (subject to hydrolysis) is 1. The summed E-state index contributed by atoms with van der Waals surface area (Å²) >= 11 is 0. The van der Waals surface area contributed by atoms with Crippen LogP contribution in [0.4, 0.5) is 9.59 Å². The number of likely N-dealkylation sites (tertiary alicyclic amines) is 1. The number of nitrogens with one attached hydrogen (secondary N) is 4. The fourth-order valence-electron chi connectivity index (χ4n) is 2.79. The maximum absolute atomic E-state index is 12.3. The molecule has 1 aliphatic rings. The van der Waals surface area contributed by atoms with E-state index in [1.807, 2.05) is 0 Å². The van der Waals surface area contributed by atoms with Gasteiger partial charge in [0, 0.05) is 39.6 Å². The van der Waals surface area contributed by atoms with Gasteiger partial charge in [-0.25, -0.2) is 9.59 Å². The second kappa shape index (κ2) is 11.5. The molecular formula is C18H33N5O5. The smallest absolute Gasteiger partial charge is 0.407 e. The van der Waals surface area contributed by atoms with Crippen molar-refractivity contribution in [3.63, 3.8) is 0 Å². The Kier molecular flexibility index (Phi) is 9.70. The van der Waals surface area contributed by atoms with Gasteiger partial charge in [-0.05, 0) is 40.2 Å². The van der Waals surface area contributed by atoms with Crippen LogP contribution in [-0.2, 0) is 14.3 Å². The molecule has 1 saturated heterocycles. The monoisotopic (exact) mass is 399 g/mol. The minimum absolute atomic E-state index is 0.0644. The molecule has 0 aromatic carbocycles. The molecular weight excluding hydrogens is 366 g/mol. The summed E-state index contributed by atoms with van der Waals surface area (Å²) < 4.78 is 5.13. The van der Waals surface area contributed by atoms with E-state index in [1.165, 1.54) is 7.05 Å². The second-order valence-electron chi connectivity index (χ2n) is 7.74. The minimum atomic E-state index is -0.559. The molecule has 0 radical (unpaired) electrons. The molecule has 1 rings (SSSR count). The highest BCUT2D eigenvalue weighted by molar-refractivity contribution is 5.94. The number of rotatable bonds is 7. The van der Waals surface area contributed by atoms with E-state index in [-0.39, 0.29) is 30.7 Å². The number of imide groups is 1. The van der Waals surface area contributed by atoms with E-state index in [4.69, 9.17) is 4.74 Å². The number of urea groups is 1. The third-order valence-corrected chi connectivity index (χ3v) is 4.10. The van der Waals surface area contributed by atoms with Crippen LogP contribution in [0, 0.1) is 5.92 Å². The Labute approximate surface area is 166 Å². The van der Waals surface area contributed by atoms with Gasteiger partial charge in [0.1, 0.15) is 5.60 Å². The largest absolute Gasteiger partial charge is 0.444 e. The van der Waals surface area contributed by atoms with E-state index in [0.29, 0.717) is 19.6 Å². The maximum Gasteiger partial charge on any atom is 0.407 e. The summed E-state index contributed by atoms with van der Waals surface area (Å²) in [7, 11) is 1.44. The summed E-state index contributed by atoms with van der Waals surface area (Å²) in [5, 5.41) is 9.97. The van der Waals surface area contributed by atoms with E-state index < -0.39 is 17.7 Å². The van der Waals surface area contributed by atoms with Crippen LogP contribution in [0.3, 0.4) is 0 Å². The predicted molar refractivity (Wildman–Crippen MR) is 104 cm³/mol. The Bertz CT molecular complexity index is 561. The van der Waals surface area contributed by atoms with E-state index >= 15 is 0 Å². The summed E-state index contributed by atoms with van der Waals surface area (Å²) in [5.74, 6) is -0.568. The SMILES string of the molecule is CNC(=O)NC(=O)CCN1CCCC(C(=O)NCCNC(=O)OC(C)(C)C)C1. The molecule has 1 heterocycles. The van der Waals surface area contributed by atoms with Gasteiger partial charge in [0.05, 0.1) is 5.92 Å². The normalized spacial score (nSPS) is 17.4. The van der Waals surface area contributed by atoms with E-state index in [1.54, 1.807) is 20.8 Å². The van der Waals surface area contributed by atoms with Gasteiger partial charge in [0.25, 0.3) is 0 Å². The molecule has 1 aliphatic heterocycles. The van der Waals surface area contributed by atoms with E-state index in [2.05, 4.69) is 26.2 Å². The van der Waals surface area contributed by atoms with Crippen molar-refractivity contribution >= 4 is 23.9 Å². The Morgan fingerprint density at radius 1 is 1.11 bits per heavy atom. The lowest BCUT2D eigenvalue weighted by molar-refractivity contribution is -0.126. The fourth-order valence-corrected chi connectivity index (χ4v) is 2.79. The maximum atomic E-state index is 12.3. The molecule has 5 amide bonds. The van der Waals surface area contributed by atoms with Crippen LogP contribution in [0.2, 0.25) is 0 Å². The summed E-state index contributed by atoms with van der Waals surface area (Å²) in [5.41, 5.74) is -0.559. The molecule has 0 spiro atoms. The van der Waals surface area contributed by atoms with Crippen molar-refractivity contribution in [3.8, 4) is 0 Å². The number of carbonyl (C=O) groups is 4. The molecule has 28 heavy (non-hydrogen) atoms. The van der Waals surface area contributed by atoms with Crippen molar-refractivity contribution in [1.29, 1.82) is 0 Å². The first-order valence-corrected chi connectivity index (χ1v) is 9.59. The van der Waals surface area contributed by atoms with Gasteiger partial charge in [0.15, 0.2) is 0 Å². The van der Waals surface area contributed by atoms with Gasteiger partial charge in [-0.15, -0.1) is 0 Å². The van der Waals surface area contributed by atoms with Crippen molar-refractivity contribution in [3.05, 3.63) is 0 Å². The van der Waals surface area contributed by atoms with Gasteiger partial charge in [-0.2, -0.15) is 0 Å². The number of nitrogens with zero attached hydrogens (tertiary/aromatic N) is 1. The predicted octanol–water partition coefficient (Wildman–Crippen LogP) is 0.185. The second-order valence-corrected chi connectivity index (χ2v) is 7.74. The zero-order valence-electron chi connectivity index (χ0n) is 17.2. The average molecular weight is 399 g/mol. The van der Waals surface area contributed by atoms with Crippen molar-refractivity contribution in [1.82, 2.24) is 26.2 Å². The molecule has 10 heteroatoms. The van der Waals surface area contributed by atoms with Crippen LogP contribution in [0.25, 0.3) is 0 Å². The molecule has 160 valence electrons. The van der Waals surface area contributed by atoms with Crippen LogP contribution in [-0.4, -0.2) is 74.2 Å². The molecule has 10 nitrogen and oxygen atoms in total. The van der Waals surface area contributed by atoms with Crippen LogP contribution in [0.5, 0.6) is 0 Å². The first-order valence-electron chi connectivity index (χ1n) is 9.59. The number of ether oxygens (including phenoxy) is 1. The number of amides is 5. The standard InChI is InChI=1S/C18H33N5O5/c1-18(2,3)28-17(27)21-9-8-20-15(25)13-6-5-10-23(12-13)11-7-14(24)22-16(26)19-4/h13H,5-12H2,1-4H3,(H,20,25)(H,21,27)(H2,19,22,24,26). The summed E-state index contributed by atoms with van der Waals surface area (Å²) in [6.45, 7) is 7.84. The highest BCUT2D eigenvalue weighted by Gasteiger charge is 2.26. The number of piperidine rings is 1. The van der Waals surface area contributed by atoms with Gasteiger partial charge in [0.2, 0.25) is 11.8 Å². The Morgan fingerprint density at radius 2 is 1.79 bits per heavy atom. The Hall–Kier alpha value is -2.36. The number of hydrogen-bond donors (Lipinski definition) is 4. The third kappa shape index (κ3) is 10.1. The van der Waals surface area contributed by atoms with E-state index in [0.717, 1.165) is 19.4 Å². The third-order valence-electron chi connectivity index (χ3n) is 4.10. The van der Waals surface area contributed by atoms with Crippen LogP contribution in [0.15, 0.2) is 0 Å².